The van der Waals surface area contributed by atoms with Crippen molar-refractivity contribution in [3.8, 4) is 22.3 Å². The second-order valence-electron chi connectivity index (χ2n) is 8.80. The summed E-state index contributed by atoms with van der Waals surface area (Å²) in [5.41, 5.74) is 9.35. The number of aromatic nitrogens is 4. The van der Waals surface area contributed by atoms with Crippen LogP contribution in [0.4, 0.5) is 5.69 Å². The van der Waals surface area contributed by atoms with Gasteiger partial charge in [0.25, 0.3) is 0 Å². The van der Waals surface area contributed by atoms with E-state index in [1.54, 1.807) is 23.7 Å². The van der Waals surface area contributed by atoms with Crippen molar-refractivity contribution in [1.29, 1.82) is 0 Å². The zero-order chi connectivity index (χ0) is 25.8. The number of aryl methyl sites for hydroxylation is 1. The number of carbonyl (C=O) groups is 1. The number of hydrogen-bond donors (Lipinski definition) is 2. The van der Waals surface area contributed by atoms with E-state index < -0.39 is 0 Å². The number of pyridine rings is 2. The minimum absolute atomic E-state index is 0.0428. The predicted octanol–water partition coefficient (Wildman–Crippen LogP) is 6.65. The third kappa shape index (κ3) is 5.20. The van der Waals surface area contributed by atoms with Gasteiger partial charge in [0, 0.05) is 42.0 Å². The lowest BCUT2D eigenvalue weighted by Crippen LogP contribution is -2.10. The average Bonchev–Trinajstić information content (AvgIpc) is 3.60. The normalized spacial score (nSPS) is 11.7. The van der Waals surface area contributed by atoms with E-state index in [4.69, 9.17) is 9.98 Å². The zero-order valence-electron chi connectivity index (χ0n) is 21.1. The van der Waals surface area contributed by atoms with Crippen LogP contribution in [0.5, 0.6) is 0 Å². The first-order valence-corrected chi connectivity index (χ1v) is 13.3. The Bertz CT molecular complexity index is 1590. The maximum atomic E-state index is 11.9. The third-order valence-corrected chi connectivity index (χ3v) is 6.80. The van der Waals surface area contributed by atoms with E-state index in [9.17, 15) is 4.79 Å². The van der Waals surface area contributed by atoms with Crippen LogP contribution in [-0.2, 0) is 4.79 Å². The molecule has 0 fully saturated rings. The topological polar surface area (TPSA) is 95.9 Å². The molecule has 1 amide bonds. The van der Waals surface area contributed by atoms with Crippen LogP contribution < -0.4 is 5.32 Å². The fourth-order valence-electron chi connectivity index (χ4n) is 4.16. The van der Waals surface area contributed by atoms with E-state index in [2.05, 4.69) is 69.1 Å². The first-order valence-electron chi connectivity index (χ1n) is 12.3. The first-order chi connectivity index (χ1) is 18.1. The molecular weight excluding hydrogens is 480 g/mol. The van der Waals surface area contributed by atoms with Crippen LogP contribution in [0.25, 0.3) is 33.3 Å². The summed E-state index contributed by atoms with van der Waals surface area (Å²) in [4.78, 5) is 34.1. The quantitative estimate of drug-likeness (QED) is 0.229. The molecule has 5 aromatic rings. The summed E-state index contributed by atoms with van der Waals surface area (Å²) in [6.45, 7) is 6.71. The van der Waals surface area contributed by atoms with Crippen LogP contribution in [0.2, 0.25) is 0 Å². The number of aliphatic imine (C=N–C) groups is 1. The number of rotatable bonds is 8. The molecule has 0 bridgehead atoms. The molecule has 4 heterocycles. The number of thiophene rings is 1. The Labute approximate surface area is 219 Å². The number of nitrogens with zero attached hydrogens (tertiary/aromatic N) is 4. The molecular formula is C29H28N6OS. The molecule has 0 atom stereocenters. The number of hydrogen-bond acceptors (Lipinski definition) is 6. The Balaban J connectivity index is 1.59. The van der Waals surface area contributed by atoms with Crippen molar-refractivity contribution in [2.24, 2.45) is 4.99 Å². The second-order valence-corrected chi connectivity index (χ2v) is 9.58. The molecule has 4 aromatic heterocycles. The Morgan fingerprint density at radius 1 is 1.03 bits per heavy atom. The van der Waals surface area contributed by atoms with Crippen molar-refractivity contribution in [3.63, 3.8) is 0 Å². The highest BCUT2D eigenvalue weighted by atomic mass is 32.1. The van der Waals surface area contributed by atoms with Gasteiger partial charge in [0.15, 0.2) is 5.82 Å². The summed E-state index contributed by atoms with van der Waals surface area (Å²) >= 11 is 1.65. The van der Waals surface area contributed by atoms with Crippen LogP contribution >= 0.6 is 11.3 Å². The maximum Gasteiger partial charge on any atom is 0.224 e. The van der Waals surface area contributed by atoms with Gasteiger partial charge in [-0.3, -0.25) is 19.8 Å². The van der Waals surface area contributed by atoms with Crippen molar-refractivity contribution in [1.82, 2.24) is 19.9 Å². The SMILES string of the molecule is CCC/N=C(/c1nc2c(-c3ccsc3)cncc2[nH]1)c1cc(-c2cncc(NC(=O)CC)c2)ccc1C. The monoisotopic (exact) mass is 508 g/mol. The van der Waals surface area contributed by atoms with Gasteiger partial charge in [-0.25, -0.2) is 4.98 Å². The Hall–Kier alpha value is -4.17. The highest BCUT2D eigenvalue weighted by Crippen LogP contribution is 2.30. The number of nitrogens with one attached hydrogen (secondary N) is 2. The van der Waals surface area contributed by atoms with Gasteiger partial charge >= 0.3 is 0 Å². The van der Waals surface area contributed by atoms with Gasteiger partial charge in [0.1, 0.15) is 11.2 Å². The molecule has 5 rings (SSSR count). The van der Waals surface area contributed by atoms with Crippen molar-refractivity contribution in [2.75, 3.05) is 11.9 Å². The van der Waals surface area contributed by atoms with Crippen LogP contribution in [0.15, 0.2) is 70.9 Å². The molecule has 1 aromatic carbocycles. The van der Waals surface area contributed by atoms with Crippen molar-refractivity contribution in [2.45, 2.75) is 33.6 Å². The summed E-state index contributed by atoms with van der Waals surface area (Å²) in [6, 6.07) is 10.3. The molecule has 0 saturated heterocycles. The van der Waals surface area contributed by atoms with Gasteiger partial charge in [-0.05, 0) is 59.0 Å². The standard InChI is InChI=1S/C29H28N6OS/c1-4-9-32-28(29-34-25-16-31-15-24(27(25)35-29)20-8-10-37-17-20)23-12-19(7-6-18(23)3)21-11-22(14-30-13-21)33-26(36)5-2/h6-8,10-17H,4-5,9H2,1-3H3,(H,33,36)(H,34,35)/b32-28+. The Kier molecular flexibility index (Phi) is 7.18. The lowest BCUT2D eigenvalue weighted by atomic mass is 9.97. The molecule has 186 valence electrons. The second kappa shape index (κ2) is 10.8. The number of imidazole rings is 1. The number of benzene rings is 1. The Morgan fingerprint density at radius 3 is 2.68 bits per heavy atom. The smallest absolute Gasteiger partial charge is 0.224 e. The molecule has 0 saturated carbocycles. The minimum atomic E-state index is -0.0428. The molecule has 8 heteroatoms. The summed E-state index contributed by atoms with van der Waals surface area (Å²) in [7, 11) is 0. The molecule has 2 N–H and O–H groups in total. The van der Waals surface area contributed by atoms with Gasteiger partial charge in [-0.1, -0.05) is 26.0 Å². The van der Waals surface area contributed by atoms with Crippen molar-refractivity contribution < 1.29 is 4.79 Å². The number of aromatic amines is 1. The van der Waals surface area contributed by atoms with Crippen LogP contribution in [0.1, 0.15) is 43.6 Å². The molecule has 0 spiro atoms. The van der Waals surface area contributed by atoms with E-state index >= 15 is 0 Å². The molecule has 0 radical (unpaired) electrons. The van der Waals surface area contributed by atoms with Crippen molar-refractivity contribution in [3.05, 3.63) is 82.8 Å². The van der Waals surface area contributed by atoms with E-state index in [1.165, 1.54) is 0 Å². The molecule has 0 aliphatic rings. The lowest BCUT2D eigenvalue weighted by Gasteiger charge is -2.12. The van der Waals surface area contributed by atoms with E-state index in [0.717, 1.165) is 62.4 Å². The van der Waals surface area contributed by atoms with Gasteiger partial charge in [-0.15, -0.1) is 0 Å². The summed E-state index contributed by atoms with van der Waals surface area (Å²) < 4.78 is 0. The largest absolute Gasteiger partial charge is 0.335 e. The highest BCUT2D eigenvalue weighted by molar-refractivity contribution is 7.08. The molecule has 0 unspecified atom stereocenters. The molecule has 7 nitrogen and oxygen atoms in total. The van der Waals surface area contributed by atoms with Gasteiger partial charge in [0.2, 0.25) is 5.91 Å². The van der Waals surface area contributed by atoms with Gasteiger partial charge in [-0.2, -0.15) is 11.3 Å². The van der Waals surface area contributed by atoms with E-state index in [-0.39, 0.29) is 5.91 Å². The zero-order valence-corrected chi connectivity index (χ0v) is 21.9. The minimum Gasteiger partial charge on any atom is -0.335 e. The number of H-pyrrole nitrogens is 1. The number of carbonyl (C=O) groups excluding carboxylic acids is 1. The fraction of sp³-hybridized carbons (Fsp3) is 0.207. The number of fused-ring (bicyclic) bond motifs is 1. The number of amides is 1. The molecule has 37 heavy (non-hydrogen) atoms. The van der Waals surface area contributed by atoms with Crippen LogP contribution in [0, 0.1) is 6.92 Å². The summed E-state index contributed by atoms with van der Waals surface area (Å²) in [6.07, 6.45) is 8.47. The van der Waals surface area contributed by atoms with Gasteiger partial charge in [0.05, 0.1) is 23.6 Å². The van der Waals surface area contributed by atoms with Crippen molar-refractivity contribution >= 4 is 39.7 Å². The molecule has 0 aliphatic heterocycles. The summed E-state index contributed by atoms with van der Waals surface area (Å²) in [5.74, 6) is 0.675. The van der Waals surface area contributed by atoms with E-state index in [1.807, 2.05) is 25.4 Å². The Morgan fingerprint density at radius 2 is 1.89 bits per heavy atom. The van der Waals surface area contributed by atoms with E-state index in [0.29, 0.717) is 18.7 Å². The predicted molar refractivity (Wildman–Crippen MR) is 151 cm³/mol. The highest BCUT2D eigenvalue weighted by Gasteiger charge is 2.18. The summed E-state index contributed by atoms with van der Waals surface area (Å²) in [5, 5.41) is 7.06. The average molecular weight is 509 g/mol. The maximum absolute atomic E-state index is 11.9. The number of anilines is 1. The van der Waals surface area contributed by atoms with Crippen LogP contribution in [0.3, 0.4) is 0 Å². The first kappa shape index (κ1) is 24.5. The third-order valence-electron chi connectivity index (χ3n) is 6.11. The molecule has 0 aliphatic carbocycles. The lowest BCUT2D eigenvalue weighted by molar-refractivity contribution is -0.115. The fourth-order valence-corrected chi connectivity index (χ4v) is 4.81. The van der Waals surface area contributed by atoms with Gasteiger partial charge < -0.3 is 10.3 Å². The van der Waals surface area contributed by atoms with Crippen LogP contribution in [-0.4, -0.2) is 38.1 Å².